The van der Waals surface area contributed by atoms with Gasteiger partial charge in [-0.05, 0) is 36.2 Å². The minimum absolute atomic E-state index is 0.0816. The average Bonchev–Trinajstić information content (AvgIpc) is 2.78. The molecule has 0 aliphatic carbocycles. The molecule has 0 atom stereocenters. The first-order valence-electron chi connectivity index (χ1n) is 10.2. The normalized spacial score (nSPS) is 11.6. The van der Waals surface area contributed by atoms with E-state index in [0.29, 0.717) is 11.9 Å². The van der Waals surface area contributed by atoms with Gasteiger partial charge in [-0.15, -0.1) is 0 Å². The highest BCUT2D eigenvalue weighted by molar-refractivity contribution is 7.99. The number of rotatable bonds is 7. The number of carbonyl (C=O) groups is 2. The second kappa shape index (κ2) is 10.3. The first kappa shape index (κ1) is 25.3. The van der Waals surface area contributed by atoms with E-state index in [1.165, 1.54) is 48.1 Å². The molecule has 11 heteroatoms. The van der Waals surface area contributed by atoms with Crippen LogP contribution in [0.1, 0.15) is 29.8 Å². The number of anilines is 1. The number of nitrogens with zero attached hydrogens (tertiary/aromatic N) is 2. The fourth-order valence-electron chi connectivity index (χ4n) is 3.24. The van der Waals surface area contributed by atoms with Crippen LogP contribution < -0.4 is 10.9 Å². The van der Waals surface area contributed by atoms with E-state index < -0.39 is 23.6 Å². The van der Waals surface area contributed by atoms with Gasteiger partial charge < -0.3 is 10.1 Å². The van der Waals surface area contributed by atoms with E-state index >= 15 is 0 Å². The number of fused-ring (bicyclic) bond motifs is 1. The van der Waals surface area contributed by atoms with Crippen LogP contribution >= 0.6 is 11.8 Å². The molecule has 0 saturated carbocycles. The smallest absolute Gasteiger partial charge is 0.418 e. The zero-order valence-corrected chi connectivity index (χ0v) is 19.4. The molecule has 0 bridgehead atoms. The Balaban J connectivity index is 1.91. The summed E-state index contributed by atoms with van der Waals surface area (Å²) in [5.41, 5.74) is -1.20. The Morgan fingerprint density at radius 1 is 1.18 bits per heavy atom. The average molecular weight is 494 g/mol. The Kier molecular flexibility index (Phi) is 7.65. The van der Waals surface area contributed by atoms with E-state index in [-0.39, 0.29) is 39.2 Å². The van der Waals surface area contributed by atoms with Crippen LogP contribution in [0.25, 0.3) is 10.9 Å². The third-order valence-corrected chi connectivity index (χ3v) is 5.70. The summed E-state index contributed by atoms with van der Waals surface area (Å²) in [5, 5.41) is 2.78. The summed E-state index contributed by atoms with van der Waals surface area (Å²) in [7, 11) is 1.23. The van der Waals surface area contributed by atoms with Crippen LogP contribution in [0.15, 0.2) is 52.4 Å². The first-order chi connectivity index (χ1) is 16.0. The number of thioether (sulfide) groups is 1. The Labute approximate surface area is 197 Å². The highest BCUT2D eigenvalue weighted by Crippen LogP contribution is 2.34. The van der Waals surface area contributed by atoms with Gasteiger partial charge in [0.2, 0.25) is 5.91 Å². The van der Waals surface area contributed by atoms with Gasteiger partial charge in [0.1, 0.15) is 0 Å². The quantitative estimate of drug-likeness (QED) is 0.294. The molecule has 1 N–H and O–H groups in total. The van der Waals surface area contributed by atoms with Gasteiger partial charge in [-0.3, -0.25) is 14.2 Å². The lowest BCUT2D eigenvalue weighted by molar-refractivity contribution is -0.137. The summed E-state index contributed by atoms with van der Waals surface area (Å²) in [6, 6.07) is 9.06. The van der Waals surface area contributed by atoms with Gasteiger partial charge in [-0.25, -0.2) is 9.78 Å². The molecule has 3 aromatic rings. The van der Waals surface area contributed by atoms with Crippen LogP contribution in [-0.4, -0.2) is 34.3 Å². The molecule has 7 nitrogen and oxygen atoms in total. The number of esters is 1. The Hall–Kier alpha value is -3.34. The van der Waals surface area contributed by atoms with E-state index in [0.717, 1.165) is 17.8 Å². The van der Waals surface area contributed by atoms with Crippen molar-refractivity contribution < 1.29 is 27.5 Å². The van der Waals surface area contributed by atoms with Gasteiger partial charge in [0.25, 0.3) is 5.56 Å². The number of hydrogen-bond donors (Lipinski definition) is 1. The Morgan fingerprint density at radius 3 is 2.53 bits per heavy atom. The fraction of sp³-hybridized carbons (Fsp3) is 0.304. The van der Waals surface area contributed by atoms with Crippen molar-refractivity contribution in [1.82, 2.24) is 9.55 Å². The highest BCUT2D eigenvalue weighted by atomic mass is 32.2. The molecule has 180 valence electrons. The summed E-state index contributed by atoms with van der Waals surface area (Å²) in [6.45, 7) is 4.14. The van der Waals surface area contributed by atoms with Crippen LogP contribution in [0.4, 0.5) is 18.9 Å². The molecule has 2 aromatic carbocycles. The Morgan fingerprint density at radius 2 is 1.88 bits per heavy atom. The molecule has 1 amide bonds. The van der Waals surface area contributed by atoms with Crippen molar-refractivity contribution in [2.75, 3.05) is 18.2 Å². The first-order valence-corrected chi connectivity index (χ1v) is 11.2. The minimum Gasteiger partial charge on any atom is -0.465 e. The van der Waals surface area contributed by atoms with Crippen LogP contribution in [-0.2, 0) is 22.3 Å². The van der Waals surface area contributed by atoms with Crippen molar-refractivity contribution in [3.05, 3.63) is 63.9 Å². The Bertz CT molecular complexity index is 1290. The molecule has 0 aliphatic rings. The van der Waals surface area contributed by atoms with Crippen molar-refractivity contribution in [2.45, 2.75) is 31.7 Å². The standard InChI is InChI=1S/C23H22F3N3O4S/c1-13(2)11-29-20(31)15-9-8-14(21(32)33-3)10-18(15)28-22(29)34-12-19(30)27-17-7-5-4-6-16(17)23(24,25)26/h4-10,13H,11-12H2,1-3H3,(H,27,30). The summed E-state index contributed by atoms with van der Waals surface area (Å²) in [5.74, 6) is -1.47. The molecule has 0 radical (unpaired) electrons. The van der Waals surface area contributed by atoms with Crippen molar-refractivity contribution in [1.29, 1.82) is 0 Å². The molecule has 1 heterocycles. The van der Waals surface area contributed by atoms with Crippen molar-refractivity contribution >= 4 is 40.2 Å². The molecule has 0 aliphatic heterocycles. The lowest BCUT2D eigenvalue weighted by Crippen LogP contribution is -2.26. The van der Waals surface area contributed by atoms with Gasteiger partial charge in [0, 0.05) is 6.54 Å². The number of benzene rings is 2. The van der Waals surface area contributed by atoms with Crippen LogP contribution in [0.2, 0.25) is 0 Å². The van der Waals surface area contributed by atoms with Crippen LogP contribution in [0.5, 0.6) is 0 Å². The second-order valence-corrected chi connectivity index (χ2v) is 8.75. The highest BCUT2D eigenvalue weighted by Gasteiger charge is 2.33. The third-order valence-electron chi connectivity index (χ3n) is 4.73. The van der Waals surface area contributed by atoms with Gasteiger partial charge >= 0.3 is 12.1 Å². The van der Waals surface area contributed by atoms with E-state index in [9.17, 15) is 27.6 Å². The lowest BCUT2D eigenvalue weighted by Gasteiger charge is -2.16. The number of nitrogens with one attached hydrogen (secondary N) is 1. The van der Waals surface area contributed by atoms with Gasteiger partial charge in [0.05, 0.1) is 40.6 Å². The number of carbonyl (C=O) groups excluding carboxylic acids is 2. The third kappa shape index (κ3) is 5.77. The summed E-state index contributed by atoms with van der Waals surface area (Å²) < 4.78 is 45.7. The number of hydrogen-bond acceptors (Lipinski definition) is 6. The molecular weight excluding hydrogens is 471 g/mol. The maximum atomic E-state index is 13.2. The van der Waals surface area contributed by atoms with E-state index in [2.05, 4.69) is 10.3 Å². The zero-order chi connectivity index (χ0) is 25.0. The van der Waals surface area contributed by atoms with E-state index in [1.54, 1.807) is 0 Å². The topological polar surface area (TPSA) is 90.3 Å². The van der Waals surface area contributed by atoms with Crippen molar-refractivity contribution in [2.24, 2.45) is 5.92 Å². The largest absolute Gasteiger partial charge is 0.465 e. The molecule has 1 aromatic heterocycles. The number of amides is 1. The summed E-state index contributed by atoms with van der Waals surface area (Å²) in [6.07, 6.45) is -4.62. The van der Waals surface area contributed by atoms with Crippen LogP contribution in [0, 0.1) is 5.92 Å². The molecule has 0 fully saturated rings. The molecule has 3 rings (SSSR count). The summed E-state index contributed by atoms with van der Waals surface area (Å²) >= 11 is 0.921. The minimum atomic E-state index is -4.62. The van der Waals surface area contributed by atoms with Gasteiger partial charge in [-0.2, -0.15) is 13.2 Å². The maximum Gasteiger partial charge on any atom is 0.418 e. The molecule has 34 heavy (non-hydrogen) atoms. The number of ether oxygens (including phenoxy) is 1. The molecule has 0 spiro atoms. The second-order valence-electron chi connectivity index (χ2n) is 7.81. The molecule has 0 unspecified atom stereocenters. The van der Waals surface area contributed by atoms with Gasteiger partial charge in [0.15, 0.2) is 5.16 Å². The van der Waals surface area contributed by atoms with E-state index in [4.69, 9.17) is 4.74 Å². The number of alkyl halides is 3. The summed E-state index contributed by atoms with van der Waals surface area (Å²) in [4.78, 5) is 41.9. The van der Waals surface area contributed by atoms with Crippen LogP contribution in [0.3, 0.4) is 0 Å². The SMILES string of the molecule is COC(=O)c1ccc2c(=O)n(CC(C)C)c(SCC(=O)Nc3ccccc3C(F)(F)F)nc2c1. The van der Waals surface area contributed by atoms with Crippen molar-refractivity contribution in [3.8, 4) is 0 Å². The van der Waals surface area contributed by atoms with E-state index in [1.807, 2.05) is 13.8 Å². The predicted molar refractivity (Wildman–Crippen MR) is 123 cm³/mol. The number of halogens is 3. The van der Waals surface area contributed by atoms with Crippen molar-refractivity contribution in [3.63, 3.8) is 0 Å². The molecular formula is C23H22F3N3O4S. The maximum absolute atomic E-state index is 13.2. The number of methoxy groups -OCH3 is 1. The monoisotopic (exact) mass is 493 g/mol. The molecule has 0 saturated heterocycles. The fourth-order valence-corrected chi connectivity index (χ4v) is 4.05. The number of aromatic nitrogens is 2. The van der Waals surface area contributed by atoms with Gasteiger partial charge in [-0.1, -0.05) is 37.7 Å². The zero-order valence-electron chi connectivity index (χ0n) is 18.6. The lowest BCUT2D eigenvalue weighted by atomic mass is 10.1. The predicted octanol–water partition coefficient (Wildman–Crippen LogP) is 4.59. The number of para-hydroxylation sites is 1.